The van der Waals surface area contributed by atoms with Crippen LogP contribution < -0.4 is 19.9 Å². The Morgan fingerprint density at radius 3 is 2.72 bits per heavy atom. The number of benzene rings is 2. The van der Waals surface area contributed by atoms with E-state index in [1.54, 1.807) is 24.3 Å². The number of anilines is 1. The van der Waals surface area contributed by atoms with Gasteiger partial charge in [-0.15, -0.1) is 0 Å². The highest BCUT2D eigenvalue weighted by Crippen LogP contribution is 2.37. The summed E-state index contributed by atoms with van der Waals surface area (Å²) >= 11 is 0. The fourth-order valence-electron chi connectivity index (χ4n) is 1.67. The molecule has 2 aromatic carbocycles. The zero-order chi connectivity index (χ0) is 12.5. The molecule has 0 atom stereocenters. The van der Waals surface area contributed by atoms with Crippen LogP contribution in [0.2, 0.25) is 0 Å². The summed E-state index contributed by atoms with van der Waals surface area (Å²) in [4.78, 5) is 0. The minimum Gasteiger partial charge on any atom is -0.454 e. The first kappa shape index (κ1) is 10.7. The smallest absolute Gasteiger partial charge is 0.231 e. The number of nitrogen functional groups attached to an aromatic ring is 1. The number of ether oxygens (including phenoxy) is 3. The molecule has 1 heterocycles. The van der Waals surface area contributed by atoms with Gasteiger partial charge in [0.2, 0.25) is 6.79 Å². The van der Waals surface area contributed by atoms with Crippen LogP contribution in [-0.2, 0) is 0 Å². The van der Waals surface area contributed by atoms with E-state index in [-0.39, 0.29) is 12.5 Å². The highest BCUT2D eigenvalue weighted by molar-refractivity contribution is 5.49. The van der Waals surface area contributed by atoms with Crippen molar-refractivity contribution in [1.29, 1.82) is 0 Å². The van der Waals surface area contributed by atoms with Crippen LogP contribution >= 0.6 is 0 Å². The third kappa shape index (κ3) is 1.90. The molecule has 4 nitrogen and oxygen atoms in total. The Morgan fingerprint density at radius 2 is 1.89 bits per heavy atom. The maximum atomic E-state index is 13.5. The summed E-state index contributed by atoms with van der Waals surface area (Å²) in [5, 5.41) is 0. The molecule has 0 saturated carbocycles. The standard InChI is InChI=1S/C13H10FNO3/c14-10-5-8(15)1-3-11(10)18-9-2-4-12-13(6-9)17-7-16-12/h1-6H,7,15H2. The molecule has 0 bridgehead atoms. The molecule has 3 rings (SSSR count). The molecule has 2 N–H and O–H groups in total. The van der Waals surface area contributed by atoms with Gasteiger partial charge in [0.25, 0.3) is 0 Å². The molecule has 18 heavy (non-hydrogen) atoms. The summed E-state index contributed by atoms with van der Waals surface area (Å²) in [5.41, 5.74) is 5.81. The second kappa shape index (κ2) is 4.10. The predicted octanol–water partition coefficient (Wildman–Crippen LogP) is 2.93. The molecule has 0 unspecified atom stereocenters. The maximum absolute atomic E-state index is 13.5. The van der Waals surface area contributed by atoms with Gasteiger partial charge in [0, 0.05) is 17.8 Å². The zero-order valence-corrected chi connectivity index (χ0v) is 9.35. The normalized spacial score (nSPS) is 12.5. The van der Waals surface area contributed by atoms with Crippen molar-refractivity contribution in [2.24, 2.45) is 0 Å². The zero-order valence-electron chi connectivity index (χ0n) is 9.35. The van der Waals surface area contributed by atoms with Crippen molar-refractivity contribution < 1.29 is 18.6 Å². The van der Waals surface area contributed by atoms with Crippen molar-refractivity contribution in [2.75, 3.05) is 12.5 Å². The lowest BCUT2D eigenvalue weighted by atomic mass is 10.3. The molecule has 1 aliphatic heterocycles. The molecule has 0 fully saturated rings. The van der Waals surface area contributed by atoms with E-state index in [4.69, 9.17) is 19.9 Å². The molecule has 5 heteroatoms. The van der Waals surface area contributed by atoms with Crippen molar-refractivity contribution in [3.05, 3.63) is 42.2 Å². The van der Waals surface area contributed by atoms with E-state index in [9.17, 15) is 4.39 Å². The van der Waals surface area contributed by atoms with Crippen LogP contribution in [0, 0.1) is 5.82 Å². The summed E-state index contributed by atoms with van der Waals surface area (Å²) in [6.07, 6.45) is 0. The van der Waals surface area contributed by atoms with Crippen molar-refractivity contribution >= 4 is 5.69 Å². The molecule has 2 aromatic rings. The number of halogens is 1. The molecular formula is C13H10FNO3. The van der Waals surface area contributed by atoms with E-state index < -0.39 is 5.82 Å². The minimum absolute atomic E-state index is 0.114. The molecule has 0 spiro atoms. The van der Waals surface area contributed by atoms with E-state index in [0.717, 1.165) is 0 Å². The Labute approximate surface area is 103 Å². The summed E-state index contributed by atoms with van der Waals surface area (Å²) in [7, 11) is 0. The molecule has 1 aliphatic rings. The Hall–Kier alpha value is -2.43. The van der Waals surface area contributed by atoms with Gasteiger partial charge in [-0.2, -0.15) is 0 Å². The molecule has 0 amide bonds. The number of hydrogen-bond acceptors (Lipinski definition) is 4. The van der Waals surface area contributed by atoms with Crippen LogP contribution in [0.3, 0.4) is 0 Å². The van der Waals surface area contributed by atoms with Gasteiger partial charge in [0.05, 0.1) is 0 Å². The number of rotatable bonds is 2. The molecule has 0 aliphatic carbocycles. The molecule has 92 valence electrons. The second-order valence-electron chi connectivity index (χ2n) is 3.81. The summed E-state index contributed by atoms with van der Waals surface area (Å²) < 4.78 is 29.4. The molecule has 0 aromatic heterocycles. The van der Waals surface area contributed by atoms with Crippen LogP contribution in [0.5, 0.6) is 23.0 Å². The number of fused-ring (bicyclic) bond motifs is 1. The minimum atomic E-state index is -0.507. The highest BCUT2D eigenvalue weighted by Gasteiger charge is 2.14. The lowest BCUT2D eigenvalue weighted by Crippen LogP contribution is -1.93. The van der Waals surface area contributed by atoms with Crippen molar-refractivity contribution in [1.82, 2.24) is 0 Å². The van der Waals surface area contributed by atoms with Crippen LogP contribution in [0.4, 0.5) is 10.1 Å². The predicted molar refractivity (Wildman–Crippen MR) is 63.5 cm³/mol. The first-order valence-corrected chi connectivity index (χ1v) is 5.35. The Morgan fingerprint density at radius 1 is 1.06 bits per heavy atom. The van der Waals surface area contributed by atoms with Crippen LogP contribution in [0.15, 0.2) is 36.4 Å². The Balaban J connectivity index is 1.88. The summed E-state index contributed by atoms with van der Waals surface area (Å²) in [6, 6.07) is 9.32. The van der Waals surface area contributed by atoms with Crippen molar-refractivity contribution in [3.63, 3.8) is 0 Å². The van der Waals surface area contributed by atoms with Gasteiger partial charge in [0.15, 0.2) is 23.1 Å². The first-order valence-electron chi connectivity index (χ1n) is 5.35. The van der Waals surface area contributed by atoms with Crippen molar-refractivity contribution in [2.45, 2.75) is 0 Å². The Kier molecular flexibility index (Phi) is 2.44. The van der Waals surface area contributed by atoms with Crippen LogP contribution in [0.25, 0.3) is 0 Å². The lowest BCUT2D eigenvalue weighted by molar-refractivity contribution is 0.174. The van der Waals surface area contributed by atoms with Gasteiger partial charge in [-0.3, -0.25) is 0 Å². The quantitative estimate of drug-likeness (QED) is 0.829. The van der Waals surface area contributed by atoms with E-state index in [0.29, 0.717) is 22.9 Å². The van der Waals surface area contributed by atoms with E-state index in [1.807, 2.05) is 0 Å². The fraction of sp³-hybridized carbons (Fsp3) is 0.0769. The number of hydrogen-bond donors (Lipinski definition) is 1. The first-order chi connectivity index (χ1) is 8.72. The van der Waals surface area contributed by atoms with Gasteiger partial charge in [0.1, 0.15) is 5.75 Å². The molecule has 0 radical (unpaired) electrons. The summed E-state index contributed by atoms with van der Waals surface area (Å²) in [5.74, 6) is 1.32. The topological polar surface area (TPSA) is 53.7 Å². The average Bonchev–Trinajstić information content (AvgIpc) is 2.80. The average molecular weight is 247 g/mol. The maximum Gasteiger partial charge on any atom is 0.231 e. The van der Waals surface area contributed by atoms with Gasteiger partial charge in [-0.05, 0) is 24.3 Å². The second-order valence-corrected chi connectivity index (χ2v) is 3.81. The van der Waals surface area contributed by atoms with Crippen molar-refractivity contribution in [3.8, 4) is 23.0 Å². The van der Waals surface area contributed by atoms with Crippen LogP contribution in [0.1, 0.15) is 0 Å². The lowest BCUT2D eigenvalue weighted by Gasteiger charge is -2.07. The van der Waals surface area contributed by atoms with E-state index in [2.05, 4.69) is 0 Å². The van der Waals surface area contributed by atoms with Gasteiger partial charge in [-0.25, -0.2) is 4.39 Å². The fourth-order valence-corrected chi connectivity index (χ4v) is 1.67. The molecular weight excluding hydrogens is 237 g/mol. The third-order valence-corrected chi connectivity index (χ3v) is 2.53. The van der Waals surface area contributed by atoms with E-state index in [1.165, 1.54) is 12.1 Å². The van der Waals surface area contributed by atoms with Gasteiger partial charge in [-0.1, -0.05) is 0 Å². The third-order valence-electron chi connectivity index (χ3n) is 2.53. The van der Waals surface area contributed by atoms with Crippen LogP contribution in [-0.4, -0.2) is 6.79 Å². The Bertz CT molecular complexity index is 601. The number of nitrogens with two attached hydrogens (primary N) is 1. The van der Waals surface area contributed by atoms with Gasteiger partial charge >= 0.3 is 0 Å². The highest BCUT2D eigenvalue weighted by atomic mass is 19.1. The van der Waals surface area contributed by atoms with E-state index >= 15 is 0 Å². The largest absolute Gasteiger partial charge is 0.454 e. The van der Waals surface area contributed by atoms with Gasteiger partial charge < -0.3 is 19.9 Å². The SMILES string of the molecule is Nc1ccc(Oc2ccc3c(c2)OCO3)c(F)c1. The monoisotopic (exact) mass is 247 g/mol. The molecule has 0 saturated heterocycles. The summed E-state index contributed by atoms with van der Waals surface area (Å²) in [6.45, 7) is 0.190.